The predicted molar refractivity (Wildman–Crippen MR) is 247 cm³/mol. The molecule has 14 nitrogen and oxygen atoms in total. The van der Waals surface area contributed by atoms with Crippen LogP contribution in [0.15, 0.2) is 53.8 Å². The van der Waals surface area contributed by atoms with E-state index in [-0.39, 0.29) is 24.8 Å². The molecule has 3 heterocycles. The fraction of sp³-hybridized carbons (Fsp3) is 0.542. The van der Waals surface area contributed by atoms with Crippen molar-refractivity contribution in [2.24, 2.45) is 10.9 Å². The number of halogens is 4. The van der Waals surface area contributed by atoms with Crippen molar-refractivity contribution in [3.8, 4) is 22.4 Å². The monoisotopic (exact) mass is 927 g/mol. The molecule has 0 spiro atoms. The molecule has 1 saturated carbocycles. The molecule has 5 atom stereocenters. The van der Waals surface area contributed by atoms with E-state index in [2.05, 4.69) is 67.0 Å². The summed E-state index contributed by atoms with van der Waals surface area (Å²) in [6.07, 6.45) is 7.14. The van der Waals surface area contributed by atoms with E-state index in [1.54, 1.807) is 48.5 Å². The Balaban J connectivity index is 0.000000979. The summed E-state index contributed by atoms with van der Waals surface area (Å²) in [7, 11) is 6.50. The van der Waals surface area contributed by atoms with Gasteiger partial charge in [-0.2, -0.15) is 0 Å². The lowest BCUT2D eigenvalue weighted by molar-refractivity contribution is -0.138. The Bertz CT molecular complexity index is 2130. The van der Waals surface area contributed by atoms with Crippen LogP contribution in [0.2, 0.25) is 0 Å². The second-order valence-corrected chi connectivity index (χ2v) is 17.4. The maximum Gasteiger partial charge on any atom is 0.267 e. The molecule has 4 amide bonds. The third-order valence-corrected chi connectivity index (χ3v) is 11.8. The maximum atomic E-state index is 14.9. The molecule has 2 bridgehead atoms. The first-order chi connectivity index (χ1) is 31.5. The summed E-state index contributed by atoms with van der Waals surface area (Å²) in [5.74, 6) is -6.71. The van der Waals surface area contributed by atoms with Gasteiger partial charge in [-0.05, 0) is 71.6 Å². The van der Waals surface area contributed by atoms with Crippen LogP contribution in [0.4, 0.5) is 17.6 Å². The molecule has 362 valence electrons. The molecule has 4 aliphatic rings. The Labute approximate surface area is 385 Å². The normalized spacial score (nSPS) is 21.3. The highest BCUT2D eigenvalue weighted by molar-refractivity contribution is 5.85. The standard InChI is InChI=1S/C41H46F4N8O4.C3H8.2C2H6O/c1-23(2)37(50-22-55)39(57)53-20-41(44,45)14-33(53)38-49-17-32(51-38)30-11-10-29(35-26-8-9-27(12-26)36(30)35)24-4-6-25(7-5-24)31(16-46-3)48-15-28-13-40(42,43)19-52(28)34(56)18-47-21-54;3*1-3-2/h4-7,10-11,16-17,21-23,26-28,33,37,48H,3,8-9,12-15,18-20H2,1-2H3,(H,47,54)(H,49,51)(H,50,55);3H2,1-2H3;2*1-2H3/b31-16-;;;/t26?,27?,28?,33-,37?;;;/m0.../s1. The van der Waals surface area contributed by atoms with Crippen LogP contribution in [-0.4, -0.2) is 130 Å². The molecule has 3 aromatic rings. The van der Waals surface area contributed by atoms with Crippen molar-refractivity contribution >= 4 is 37.0 Å². The summed E-state index contributed by atoms with van der Waals surface area (Å²) >= 11 is 0. The smallest absolute Gasteiger partial charge is 0.267 e. The minimum absolute atomic E-state index is 0.0340. The van der Waals surface area contributed by atoms with E-state index in [4.69, 9.17) is 0 Å². The largest absolute Gasteiger partial charge is 0.388 e. The zero-order chi connectivity index (χ0) is 48.8. The molecule has 2 aromatic carbocycles. The summed E-state index contributed by atoms with van der Waals surface area (Å²) in [6.45, 7) is 9.48. The Hall–Kier alpha value is -5.62. The molecular weight excluding hydrogens is 861 g/mol. The van der Waals surface area contributed by atoms with Gasteiger partial charge in [-0.15, -0.1) is 0 Å². The molecule has 7 rings (SSSR count). The third kappa shape index (κ3) is 12.8. The van der Waals surface area contributed by atoms with Gasteiger partial charge in [-0.25, -0.2) is 22.5 Å². The summed E-state index contributed by atoms with van der Waals surface area (Å²) in [5, 5.41) is 7.91. The Morgan fingerprint density at radius 1 is 0.909 bits per heavy atom. The fourth-order valence-electron chi connectivity index (χ4n) is 9.22. The lowest BCUT2D eigenvalue weighted by atomic mass is 9.82. The van der Waals surface area contributed by atoms with E-state index in [1.807, 2.05) is 30.3 Å². The zero-order valence-electron chi connectivity index (χ0n) is 39.3. The maximum absolute atomic E-state index is 14.9. The molecule has 2 aliphatic heterocycles. The zero-order valence-corrected chi connectivity index (χ0v) is 39.3. The summed E-state index contributed by atoms with van der Waals surface area (Å²) in [4.78, 5) is 61.9. The predicted octanol–water partition coefficient (Wildman–Crippen LogP) is 7.30. The van der Waals surface area contributed by atoms with Gasteiger partial charge in [0, 0.05) is 59.6 Å². The third-order valence-electron chi connectivity index (χ3n) is 11.8. The first kappa shape index (κ1) is 53.0. The highest BCUT2D eigenvalue weighted by Crippen LogP contribution is 2.58. The molecule has 1 aromatic heterocycles. The van der Waals surface area contributed by atoms with Crippen molar-refractivity contribution in [2.75, 3.05) is 54.6 Å². The van der Waals surface area contributed by atoms with Crippen LogP contribution in [0.1, 0.15) is 107 Å². The Morgan fingerprint density at radius 3 is 2.06 bits per heavy atom. The second-order valence-electron chi connectivity index (χ2n) is 17.4. The van der Waals surface area contributed by atoms with Crippen molar-refractivity contribution < 1.29 is 46.2 Å². The molecule has 0 radical (unpaired) electrons. The number of benzene rings is 2. The summed E-state index contributed by atoms with van der Waals surface area (Å²) in [5.41, 5.74) is 7.41. The van der Waals surface area contributed by atoms with Crippen LogP contribution in [0.25, 0.3) is 28.1 Å². The van der Waals surface area contributed by atoms with Gasteiger partial charge in [0.25, 0.3) is 11.8 Å². The number of H-pyrrole nitrogens is 1. The van der Waals surface area contributed by atoms with Crippen molar-refractivity contribution in [3.05, 3.63) is 71.3 Å². The van der Waals surface area contributed by atoms with E-state index in [0.29, 0.717) is 36.0 Å². The molecular formula is C48H66F4N8O6. The topological polar surface area (TPSA) is 170 Å². The number of alkyl halides is 4. The lowest BCUT2D eigenvalue weighted by Crippen LogP contribution is -2.49. The Kier molecular flexibility index (Phi) is 19.5. The molecule has 4 N–H and O–H groups in total. The van der Waals surface area contributed by atoms with Gasteiger partial charge in [0.15, 0.2) is 0 Å². The van der Waals surface area contributed by atoms with E-state index >= 15 is 0 Å². The number of amides is 4. The number of nitrogens with one attached hydrogen (secondary N) is 4. The van der Waals surface area contributed by atoms with Crippen molar-refractivity contribution in [1.29, 1.82) is 0 Å². The number of fused-ring (bicyclic) bond motifs is 5. The molecule has 3 fully saturated rings. The molecule has 66 heavy (non-hydrogen) atoms. The number of hydrogen-bond donors (Lipinski definition) is 4. The summed E-state index contributed by atoms with van der Waals surface area (Å²) in [6, 6.07) is 9.15. The first-order valence-corrected chi connectivity index (χ1v) is 22.2. The number of carbonyl (C=O) groups excluding carboxylic acids is 4. The van der Waals surface area contributed by atoms with Gasteiger partial charge in [-0.3, -0.25) is 24.2 Å². The average molecular weight is 927 g/mol. The van der Waals surface area contributed by atoms with Crippen LogP contribution in [0.5, 0.6) is 0 Å². The number of ether oxygens (including phenoxy) is 2. The number of hydrogen-bond acceptors (Lipinski definition) is 9. The van der Waals surface area contributed by atoms with Crippen LogP contribution in [-0.2, 0) is 28.7 Å². The Morgan fingerprint density at radius 2 is 1.48 bits per heavy atom. The van der Waals surface area contributed by atoms with Gasteiger partial charge in [0.1, 0.15) is 11.9 Å². The highest BCUT2D eigenvalue weighted by atomic mass is 19.3. The highest BCUT2D eigenvalue weighted by Gasteiger charge is 2.51. The van der Waals surface area contributed by atoms with E-state index in [0.717, 1.165) is 51.3 Å². The number of aromatic amines is 1. The van der Waals surface area contributed by atoms with E-state index in [1.165, 1.54) is 23.7 Å². The van der Waals surface area contributed by atoms with Crippen LogP contribution < -0.4 is 16.0 Å². The molecule has 18 heteroatoms. The minimum atomic E-state index is -3.12. The fourth-order valence-corrected chi connectivity index (χ4v) is 9.22. The average Bonchev–Trinajstić information content (AvgIpc) is 4.13. The number of aliphatic imine (C=N–C) groups is 1. The molecule has 2 aliphatic carbocycles. The number of methoxy groups -OCH3 is 2. The van der Waals surface area contributed by atoms with E-state index < -0.39 is 67.7 Å². The van der Waals surface area contributed by atoms with Crippen molar-refractivity contribution in [3.63, 3.8) is 0 Å². The van der Waals surface area contributed by atoms with E-state index in [9.17, 15) is 36.7 Å². The van der Waals surface area contributed by atoms with Crippen molar-refractivity contribution in [2.45, 2.75) is 108 Å². The number of carbonyl (C=O) groups is 4. The van der Waals surface area contributed by atoms with Gasteiger partial charge in [0.05, 0.1) is 49.3 Å². The molecule has 4 unspecified atom stereocenters. The van der Waals surface area contributed by atoms with Gasteiger partial charge in [0.2, 0.25) is 24.6 Å². The van der Waals surface area contributed by atoms with Gasteiger partial charge in [-0.1, -0.05) is 70.5 Å². The van der Waals surface area contributed by atoms with Crippen LogP contribution in [0, 0.1) is 5.92 Å². The number of likely N-dealkylation sites (tertiary alicyclic amines) is 2. The van der Waals surface area contributed by atoms with Crippen LogP contribution >= 0.6 is 0 Å². The number of aromatic nitrogens is 2. The second kappa shape index (κ2) is 24.2. The van der Waals surface area contributed by atoms with Gasteiger partial charge >= 0.3 is 0 Å². The molecule has 2 saturated heterocycles. The number of imidazole rings is 1. The lowest BCUT2D eigenvalue weighted by Gasteiger charge is -2.29. The van der Waals surface area contributed by atoms with Crippen LogP contribution in [0.3, 0.4) is 0 Å². The quantitative estimate of drug-likeness (QED) is 0.0700. The van der Waals surface area contributed by atoms with Crippen molar-refractivity contribution in [1.82, 2.24) is 35.7 Å². The number of rotatable bonds is 15. The first-order valence-electron chi connectivity index (χ1n) is 22.2. The SMILES string of the molecule is C=N/C=C(\NCC1CC(F)(F)CN1C(=O)CNC=O)c1ccc(-c2ccc(-c3cnc([C@@H]4CC(F)(F)CN4C(=O)C(NC=O)C(C)C)[nH]3)c3c2C2CCC3C2)cc1.CCC.COC.COC. The summed E-state index contributed by atoms with van der Waals surface area (Å²) < 4.78 is 67.0. The minimum Gasteiger partial charge on any atom is -0.388 e. The van der Waals surface area contributed by atoms with Gasteiger partial charge < -0.3 is 40.2 Å². The number of nitrogens with zero attached hydrogens (tertiary/aromatic N) is 4.